The summed E-state index contributed by atoms with van der Waals surface area (Å²) in [6.45, 7) is 0. The molecular formula is C15H9Cl3FNO. The number of rotatable bonds is 2. The van der Waals surface area contributed by atoms with Crippen LogP contribution < -0.4 is 5.32 Å². The third-order valence-corrected chi connectivity index (χ3v) is 4.48. The van der Waals surface area contributed by atoms with Crippen molar-refractivity contribution in [3.8, 4) is 0 Å². The second kappa shape index (κ2) is 5.48. The Kier molecular flexibility index (Phi) is 3.82. The molecule has 0 aliphatic carbocycles. The van der Waals surface area contributed by atoms with Gasteiger partial charge < -0.3 is 5.32 Å². The van der Waals surface area contributed by atoms with Crippen LogP contribution in [0.5, 0.6) is 0 Å². The van der Waals surface area contributed by atoms with Crippen LogP contribution in [0.3, 0.4) is 0 Å². The molecular weight excluding hydrogens is 336 g/mol. The number of nitrogens with one attached hydrogen (secondary N) is 1. The second-order valence-electron chi connectivity index (χ2n) is 4.78. The predicted octanol–water partition coefficient (Wildman–Crippen LogP) is 4.96. The maximum atomic E-state index is 13.1. The number of carbonyl (C=O) groups excluding carboxylic acids is 1. The summed E-state index contributed by atoms with van der Waals surface area (Å²) in [7, 11) is 0. The number of alkyl halides is 1. The second-order valence-corrected chi connectivity index (χ2v) is 6.04. The molecule has 1 unspecified atom stereocenters. The van der Waals surface area contributed by atoms with Crippen LogP contribution in [-0.4, -0.2) is 5.91 Å². The first-order valence-electron chi connectivity index (χ1n) is 6.17. The highest BCUT2D eigenvalue weighted by Gasteiger charge is 2.23. The molecule has 0 fully saturated rings. The molecule has 0 saturated heterocycles. The molecule has 0 aromatic heterocycles. The van der Waals surface area contributed by atoms with Gasteiger partial charge in [0.15, 0.2) is 0 Å². The zero-order chi connectivity index (χ0) is 15.1. The molecule has 21 heavy (non-hydrogen) atoms. The summed E-state index contributed by atoms with van der Waals surface area (Å²) in [6, 6.07) is 7.49. The molecule has 6 heteroatoms. The maximum Gasteiger partial charge on any atom is 0.228 e. The standard InChI is InChI=1S/C15H9Cl3FNO/c16-11-5-8(19)1-2-9(11)15(18)10-3-7-4-14(21)20-13(7)6-12(10)17/h1-3,5-6,15H,4H2,(H,20,21). The lowest BCUT2D eigenvalue weighted by Crippen LogP contribution is -2.03. The van der Waals surface area contributed by atoms with E-state index in [0.717, 1.165) is 5.56 Å². The van der Waals surface area contributed by atoms with E-state index in [1.165, 1.54) is 18.2 Å². The number of benzene rings is 2. The van der Waals surface area contributed by atoms with Gasteiger partial charge in [-0.05, 0) is 41.0 Å². The minimum absolute atomic E-state index is 0.0795. The van der Waals surface area contributed by atoms with Crippen LogP contribution in [0.25, 0.3) is 0 Å². The predicted molar refractivity (Wildman–Crippen MR) is 82.9 cm³/mol. The number of hydrogen-bond acceptors (Lipinski definition) is 1. The molecule has 3 rings (SSSR count). The van der Waals surface area contributed by atoms with E-state index in [2.05, 4.69) is 5.32 Å². The van der Waals surface area contributed by atoms with Crippen molar-refractivity contribution in [3.05, 3.63) is 62.9 Å². The number of hydrogen-bond donors (Lipinski definition) is 1. The van der Waals surface area contributed by atoms with Crippen molar-refractivity contribution in [2.75, 3.05) is 5.32 Å². The first-order chi connectivity index (χ1) is 9.95. The van der Waals surface area contributed by atoms with Gasteiger partial charge in [-0.1, -0.05) is 29.3 Å². The summed E-state index contributed by atoms with van der Waals surface area (Å²) < 4.78 is 13.1. The fourth-order valence-electron chi connectivity index (χ4n) is 2.34. The molecule has 1 atom stereocenters. The number of halogens is 4. The van der Waals surface area contributed by atoms with E-state index in [9.17, 15) is 9.18 Å². The largest absolute Gasteiger partial charge is 0.325 e. The molecule has 0 radical (unpaired) electrons. The van der Waals surface area contributed by atoms with E-state index in [4.69, 9.17) is 34.8 Å². The zero-order valence-corrected chi connectivity index (χ0v) is 12.9. The van der Waals surface area contributed by atoms with E-state index in [1.807, 2.05) is 0 Å². The molecule has 1 aliphatic heterocycles. The minimum atomic E-state index is -0.619. The first-order valence-corrected chi connectivity index (χ1v) is 7.36. The Labute approximate surface area is 135 Å². The quantitative estimate of drug-likeness (QED) is 0.767. The third kappa shape index (κ3) is 2.73. The third-order valence-electron chi connectivity index (χ3n) is 3.36. The molecule has 2 aromatic carbocycles. The Morgan fingerprint density at radius 3 is 2.52 bits per heavy atom. The van der Waals surface area contributed by atoms with Crippen molar-refractivity contribution in [2.45, 2.75) is 11.8 Å². The maximum absolute atomic E-state index is 13.1. The average molecular weight is 345 g/mol. The van der Waals surface area contributed by atoms with Gasteiger partial charge in [-0.2, -0.15) is 0 Å². The van der Waals surface area contributed by atoms with Gasteiger partial charge in [-0.25, -0.2) is 4.39 Å². The highest BCUT2D eigenvalue weighted by molar-refractivity contribution is 6.35. The summed E-state index contributed by atoms with van der Waals surface area (Å²) in [5.74, 6) is -0.508. The van der Waals surface area contributed by atoms with Crippen molar-refractivity contribution in [2.24, 2.45) is 0 Å². The molecule has 0 bridgehead atoms. The molecule has 1 N–H and O–H groups in total. The smallest absolute Gasteiger partial charge is 0.228 e. The number of anilines is 1. The molecule has 1 amide bonds. The van der Waals surface area contributed by atoms with Crippen LogP contribution in [0.2, 0.25) is 10.0 Å². The van der Waals surface area contributed by atoms with Gasteiger partial charge in [-0.3, -0.25) is 4.79 Å². The Bertz CT molecular complexity index is 748. The molecule has 1 heterocycles. The van der Waals surface area contributed by atoms with Crippen molar-refractivity contribution in [1.82, 2.24) is 0 Å². The Morgan fingerprint density at radius 2 is 1.81 bits per heavy atom. The molecule has 0 saturated carbocycles. The van der Waals surface area contributed by atoms with Gasteiger partial charge in [0.1, 0.15) is 5.82 Å². The minimum Gasteiger partial charge on any atom is -0.325 e. The van der Waals surface area contributed by atoms with Crippen LogP contribution in [0.1, 0.15) is 22.1 Å². The Morgan fingerprint density at radius 1 is 1.10 bits per heavy atom. The fourth-order valence-corrected chi connectivity index (χ4v) is 3.37. The van der Waals surface area contributed by atoms with Gasteiger partial charge in [0, 0.05) is 15.7 Å². The lowest BCUT2D eigenvalue weighted by Gasteiger charge is -2.15. The highest BCUT2D eigenvalue weighted by Crippen LogP contribution is 2.40. The summed E-state index contributed by atoms with van der Waals surface area (Å²) >= 11 is 18.7. The van der Waals surface area contributed by atoms with E-state index < -0.39 is 11.2 Å². The molecule has 1 aliphatic rings. The SMILES string of the molecule is O=C1Cc2cc(C(Cl)c3ccc(F)cc3Cl)c(Cl)cc2N1. The van der Waals surface area contributed by atoms with E-state index in [0.29, 0.717) is 28.3 Å². The zero-order valence-electron chi connectivity index (χ0n) is 10.6. The average Bonchev–Trinajstić information content (AvgIpc) is 2.76. The van der Waals surface area contributed by atoms with Crippen molar-refractivity contribution in [3.63, 3.8) is 0 Å². The van der Waals surface area contributed by atoms with Gasteiger partial charge in [0.25, 0.3) is 0 Å². The van der Waals surface area contributed by atoms with Crippen molar-refractivity contribution in [1.29, 1.82) is 0 Å². The number of amides is 1. The van der Waals surface area contributed by atoms with Crippen LogP contribution in [-0.2, 0) is 11.2 Å². The molecule has 108 valence electrons. The van der Waals surface area contributed by atoms with Crippen LogP contribution in [0, 0.1) is 5.82 Å². The summed E-state index contributed by atoms with van der Waals surface area (Å²) in [6.07, 6.45) is 0.292. The topological polar surface area (TPSA) is 29.1 Å². The lowest BCUT2D eigenvalue weighted by atomic mass is 10.0. The Hall–Kier alpha value is -1.29. The van der Waals surface area contributed by atoms with Crippen LogP contribution in [0.4, 0.5) is 10.1 Å². The fraction of sp³-hybridized carbons (Fsp3) is 0.133. The number of carbonyl (C=O) groups is 1. The van der Waals surface area contributed by atoms with Gasteiger partial charge in [-0.15, -0.1) is 11.6 Å². The van der Waals surface area contributed by atoms with Gasteiger partial charge >= 0.3 is 0 Å². The Balaban J connectivity index is 2.04. The summed E-state index contributed by atoms with van der Waals surface area (Å²) in [5.41, 5.74) is 2.74. The van der Waals surface area contributed by atoms with Crippen LogP contribution >= 0.6 is 34.8 Å². The van der Waals surface area contributed by atoms with E-state index in [1.54, 1.807) is 12.1 Å². The molecule has 2 aromatic rings. The normalized spacial score (nSPS) is 14.8. The van der Waals surface area contributed by atoms with Crippen molar-refractivity contribution < 1.29 is 9.18 Å². The van der Waals surface area contributed by atoms with E-state index >= 15 is 0 Å². The summed E-state index contributed by atoms with van der Waals surface area (Å²) in [5, 5.41) is 2.77. The van der Waals surface area contributed by atoms with Gasteiger partial charge in [0.05, 0.1) is 11.8 Å². The highest BCUT2D eigenvalue weighted by atomic mass is 35.5. The van der Waals surface area contributed by atoms with Crippen LogP contribution in [0.15, 0.2) is 30.3 Å². The monoisotopic (exact) mass is 343 g/mol. The molecule has 0 spiro atoms. The van der Waals surface area contributed by atoms with E-state index in [-0.39, 0.29) is 10.9 Å². The summed E-state index contributed by atoms with van der Waals surface area (Å²) in [4.78, 5) is 11.4. The molecule has 2 nitrogen and oxygen atoms in total. The number of fused-ring (bicyclic) bond motifs is 1. The lowest BCUT2D eigenvalue weighted by molar-refractivity contribution is -0.115. The van der Waals surface area contributed by atoms with Crippen molar-refractivity contribution >= 4 is 46.4 Å². The first kappa shape index (κ1) is 14.6. The van der Waals surface area contributed by atoms with Gasteiger partial charge in [0.2, 0.25) is 5.91 Å².